The summed E-state index contributed by atoms with van der Waals surface area (Å²) >= 11 is 0. The topological polar surface area (TPSA) is 3.24 Å². The molecule has 15 rings (SSSR count). The number of hydrogen-bond donors (Lipinski definition) is 0. The van der Waals surface area contributed by atoms with Gasteiger partial charge in [0.25, 0.3) is 0 Å². The van der Waals surface area contributed by atoms with Gasteiger partial charge in [-0.15, -0.1) is 0 Å². The highest BCUT2D eigenvalue weighted by atomic mass is 15.1. The molecule has 0 saturated heterocycles. The lowest BCUT2D eigenvalue weighted by Crippen LogP contribution is -2.26. The predicted octanol–water partition coefficient (Wildman–Crippen LogP) is 18.6. The molecule has 0 unspecified atom stereocenters. The Morgan fingerprint density at radius 3 is 1.40 bits per heavy atom. The number of benzene rings is 13. The molecule has 1 spiro atoms. The van der Waals surface area contributed by atoms with E-state index >= 15 is 0 Å². The zero-order valence-corrected chi connectivity index (χ0v) is 38.3. The van der Waals surface area contributed by atoms with Crippen molar-refractivity contribution < 1.29 is 0 Å². The van der Waals surface area contributed by atoms with Gasteiger partial charge in [-0.2, -0.15) is 0 Å². The van der Waals surface area contributed by atoms with Crippen LogP contribution in [0.5, 0.6) is 0 Å². The van der Waals surface area contributed by atoms with Crippen LogP contribution in [0.4, 0.5) is 17.1 Å². The number of hydrogen-bond acceptors (Lipinski definition) is 1. The lowest BCUT2D eigenvalue weighted by Gasteiger charge is -2.33. The minimum absolute atomic E-state index is 0.526. The van der Waals surface area contributed by atoms with Gasteiger partial charge in [0.05, 0.1) is 11.1 Å². The van der Waals surface area contributed by atoms with E-state index in [0.29, 0.717) is 0 Å². The maximum absolute atomic E-state index is 2.58. The van der Waals surface area contributed by atoms with Gasteiger partial charge in [-0.1, -0.05) is 218 Å². The van der Waals surface area contributed by atoms with Crippen molar-refractivity contribution in [1.29, 1.82) is 0 Å². The fraction of sp³-hybridized carbons (Fsp3) is 0.0145. The zero-order chi connectivity index (χ0) is 45.9. The minimum Gasteiger partial charge on any atom is -0.310 e. The molecule has 13 aromatic carbocycles. The molecule has 0 heterocycles. The molecule has 0 saturated carbocycles. The Labute approximate surface area is 406 Å². The molecule has 324 valence electrons. The Balaban J connectivity index is 1.09. The Hall–Kier alpha value is -9.04. The average Bonchev–Trinajstić information content (AvgIpc) is 3.90. The SMILES string of the molecule is c1ccc(-c2cccc(N(c3ccc4c5ccccc5c5ccccc5c4c3)c3cc4c(cc3-c3ccc5ccc6ccccc6c5c3)-c3ccccc3C43c4ccccc4-c4ccccc43)c2)cc1. The molecule has 2 aliphatic rings. The summed E-state index contributed by atoms with van der Waals surface area (Å²) in [5.74, 6) is 0. The summed E-state index contributed by atoms with van der Waals surface area (Å²) in [6.45, 7) is 0. The van der Waals surface area contributed by atoms with Crippen LogP contribution in [0.3, 0.4) is 0 Å². The van der Waals surface area contributed by atoms with Crippen molar-refractivity contribution in [3.63, 3.8) is 0 Å². The van der Waals surface area contributed by atoms with Crippen LogP contribution in [0, 0.1) is 0 Å². The fourth-order valence-corrected chi connectivity index (χ4v) is 12.6. The van der Waals surface area contributed by atoms with Crippen LogP contribution in [0.25, 0.3) is 98.4 Å². The molecule has 13 aromatic rings. The fourth-order valence-electron chi connectivity index (χ4n) is 12.6. The second-order valence-electron chi connectivity index (χ2n) is 19.1. The van der Waals surface area contributed by atoms with E-state index in [4.69, 9.17) is 0 Å². The molecule has 0 atom stereocenters. The Kier molecular flexibility index (Phi) is 8.35. The molecule has 1 heteroatoms. The van der Waals surface area contributed by atoms with Gasteiger partial charge in [-0.3, -0.25) is 0 Å². The highest BCUT2D eigenvalue weighted by Gasteiger charge is 2.52. The summed E-state index contributed by atoms with van der Waals surface area (Å²) in [5, 5.41) is 12.5. The van der Waals surface area contributed by atoms with E-state index in [2.05, 4.69) is 266 Å². The second-order valence-corrected chi connectivity index (χ2v) is 19.1. The molecule has 0 bridgehead atoms. The van der Waals surface area contributed by atoms with Crippen molar-refractivity contribution in [2.75, 3.05) is 4.90 Å². The summed E-state index contributed by atoms with van der Waals surface area (Å²) in [4.78, 5) is 2.56. The van der Waals surface area contributed by atoms with Gasteiger partial charge in [0, 0.05) is 16.9 Å². The second kappa shape index (κ2) is 15.0. The van der Waals surface area contributed by atoms with E-state index in [9.17, 15) is 0 Å². The smallest absolute Gasteiger partial charge is 0.0726 e. The highest BCUT2D eigenvalue weighted by molar-refractivity contribution is 6.26. The number of fused-ring (bicyclic) bond motifs is 19. The molecule has 2 aliphatic carbocycles. The summed E-state index contributed by atoms with van der Waals surface area (Å²) in [5.41, 5.74) is 17.9. The molecule has 70 heavy (non-hydrogen) atoms. The monoisotopic (exact) mass is 885 g/mol. The minimum atomic E-state index is -0.526. The summed E-state index contributed by atoms with van der Waals surface area (Å²) in [7, 11) is 0. The average molecular weight is 886 g/mol. The molecule has 0 radical (unpaired) electrons. The zero-order valence-electron chi connectivity index (χ0n) is 38.3. The van der Waals surface area contributed by atoms with Gasteiger partial charge >= 0.3 is 0 Å². The van der Waals surface area contributed by atoms with Crippen LogP contribution >= 0.6 is 0 Å². The van der Waals surface area contributed by atoms with Crippen LogP contribution in [0.1, 0.15) is 22.3 Å². The maximum atomic E-state index is 2.58. The van der Waals surface area contributed by atoms with Gasteiger partial charge in [-0.25, -0.2) is 0 Å². The standard InChI is InChI=1S/C69H43N/c1-2-17-44(18-3-1)47-20-16-21-49(39-47)70(50-37-38-56-54-25-7-6-23-52(54)53-24-8-9-26-55(53)62(56)41-50)68-43-67-63(42-61(68)48-36-35-46-34-33-45-19-4-5-22-51(45)60(46)40-48)59-29-12-15-32-66(59)69(67)64-30-13-10-27-57(64)58-28-11-14-31-65(58)69/h1-43H. The van der Waals surface area contributed by atoms with Gasteiger partial charge in [-0.05, 0) is 158 Å². The van der Waals surface area contributed by atoms with Crippen LogP contribution < -0.4 is 4.90 Å². The summed E-state index contributed by atoms with van der Waals surface area (Å²) in [6, 6.07) is 97.9. The molecule has 0 aromatic heterocycles. The normalized spacial score (nSPS) is 13.0. The largest absolute Gasteiger partial charge is 0.310 e. The molecular formula is C69H43N. The van der Waals surface area contributed by atoms with Crippen molar-refractivity contribution in [3.8, 4) is 44.5 Å². The van der Waals surface area contributed by atoms with Gasteiger partial charge < -0.3 is 4.90 Å². The third-order valence-electron chi connectivity index (χ3n) is 15.6. The summed E-state index contributed by atoms with van der Waals surface area (Å²) < 4.78 is 0. The van der Waals surface area contributed by atoms with Crippen molar-refractivity contribution in [1.82, 2.24) is 0 Å². The molecule has 1 nitrogen and oxygen atoms in total. The molecule has 0 N–H and O–H groups in total. The molecule has 0 amide bonds. The van der Waals surface area contributed by atoms with Crippen molar-refractivity contribution in [2.45, 2.75) is 5.41 Å². The van der Waals surface area contributed by atoms with Crippen LogP contribution in [-0.2, 0) is 5.41 Å². The lowest BCUT2D eigenvalue weighted by atomic mass is 9.70. The van der Waals surface area contributed by atoms with Crippen LogP contribution in [0.2, 0.25) is 0 Å². The van der Waals surface area contributed by atoms with Crippen LogP contribution in [-0.4, -0.2) is 0 Å². The maximum Gasteiger partial charge on any atom is 0.0726 e. The molecular weight excluding hydrogens is 843 g/mol. The first kappa shape index (κ1) is 39.0. The van der Waals surface area contributed by atoms with Gasteiger partial charge in [0.15, 0.2) is 0 Å². The third kappa shape index (κ3) is 5.49. The van der Waals surface area contributed by atoms with Crippen molar-refractivity contribution in [2.24, 2.45) is 0 Å². The quantitative estimate of drug-likeness (QED) is 0.156. The lowest BCUT2D eigenvalue weighted by molar-refractivity contribution is 0.794. The predicted molar refractivity (Wildman–Crippen MR) is 296 cm³/mol. The Morgan fingerprint density at radius 1 is 0.229 bits per heavy atom. The van der Waals surface area contributed by atoms with E-state index in [-0.39, 0.29) is 0 Å². The van der Waals surface area contributed by atoms with E-state index in [0.717, 1.165) is 17.1 Å². The first-order valence-electron chi connectivity index (χ1n) is 24.4. The Morgan fingerprint density at radius 2 is 0.729 bits per heavy atom. The van der Waals surface area contributed by atoms with E-state index in [1.807, 2.05) is 0 Å². The van der Waals surface area contributed by atoms with E-state index < -0.39 is 5.41 Å². The van der Waals surface area contributed by atoms with Crippen LogP contribution in [0.15, 0.2) is 261 Å². The van der Waals surface area contributed by atoms with E-state index in [1.54, 1.807) is 0 Å². The number of anilines is 3. The third-order valence-corrected chi connectivity index (χ3v) is 15.6. The Bertz CT molecular complexity index is 4230. The van der Waals surface area contributed by atoms with Gasteiger partial charge in [0.2, 0.25) is 0 Å². The first-order chi connectivity index (χ1) is 34.7. The molecule has 0 aliphatic heterocycles. The van der Waals surface area contributed by atoms with Crippen molar-refractivity contribution >= 4 is 70.9 Å². The number of rotatable bonds is 5. The summed E-state index contributed by atoms with van der Waals surface area (Å²) in [6.07, 6.45) is 0. The van der Waals surface area contributed by atoms with Crippen molar-refractivity contribution in [3.05, 3.63) is 283 Å². The van der Waals surface area contributed by atoms with Gasteiger partial charge in [0.1, 0.15) is 0 Å². The van der Waals surface area contributed by atoms with E-state index in [1.165, 1.54) is 121 Å². The highest BCUT2D eigenvalue weighted by Crippen LogP contribution is 2.64. The molecule has 0 fully saturated rings. The first-order valence-corrected chi connectivity index (χ1v) is 24.4. The number of nitrogens with zero attached hydrogens (tertiary/aromatic N) is 1.